The van der Waals surface area contributed by atoms with Gasteiger partial charge in [-0.2, -0.15) is 0 Å². The van der Waals surface area contributed by atoms with E-state index in [1.807, 2.05) is 0 Å². The van der Waals surface area contributed by atoms with Crippen molar-refractivity contribution in [2.75, 3.05) is 7.05 Å². The molecule has 0 spiro atoms. The Morgan fingerprint density at radius 3 is 2.47 bits per heavy atom. The van der Waals surface area contributed by atoms with E-state index in [-0.39, 0.29) is 0 Å². The molecule has 3 fully saturated rings. The molecule has 0 heterocycles. The molecule has 0 unspecified atom stereocenters. The predicted molar refractivity (Wildman–Crippen MR) is 126 cm³/mol. The van der Waals surface area contributed by atoms with E-state index in [9.17, 15) is 5.21 Å². The smallest absolute Gasteiger partial charge is 0.226 e. The summed E-state index contributed by atoms with van der Waals surface area (Å²) in [5, 5.41) is 9.97. The Labute approximate surface area is 186 Å². The maximum absolute atomic E-state index is 9.97. The number of hydroxylamine groups is 1. The van der Waals surface area contributed by atoms with E-state index in [4.69, 9.17) is 0 Å². The minimum atomic E-state index is 0.380. The van der Waals surface area contributed by atoms with Crippen LogP contribution in [0.15, 0.2) is 11.6 Å². The van der Waals surface area contributed by atoms with Crippen molar-refractivity contribution >= 4 is 5.71 Å². The number of nitrogens with zero attached hydrogens (tertiary/aromatic N) is 1. The Hall–Kier alpha value is -0.790. The highest BCUT2D eigenvalue weighted by atomic mass is 16.5. The van der Waals surface area contributed by atoms with Crippen LogP contribution < -0.4 is 0 Å². The number of allylic oxidation sites excluding steroid dienone is 2. The Bertz CT molecular complexity index is 701. The zero-order valence-electron chi connectivity index (χ0n) is 20.7. The van der Waals surface area contributed by atoms with Crippen LogP contribution in [0, 0.1) is 46.3 Å². The molecule has 0 saturated heterocycles. The first-order valence-electron chi connectivity index (χ1n) is 13.2. The molecule has 30 heavy (non-hydrogen) atoms. The zero-order chi connectivity index (χ0) is 21.7. The SMILES string of the molecule is CC(C)CCC[C@@H](C)[C@H]1CC[C@H]2[C@@H]3CCC4=C/C(=[N+](/C)O)CC[C@]4(C)[C@H]3CC[C@]12C. The molecule has 1 N–H and O–H groups in total. The molecule has 0 aromatic rings. The van der Waals surface area contributed by atoms with Crippen LogP contribution in [0.3, 0.4) is 0 Å². The van der Waals surface area contributed by atoms with Gasteiger partial charge < -0.3 is 0 Å². The van der Waals surface area contributed by atoms with Gasteiger partial charge in [-0.25, -0.2) is 0 Å². The minimum absolute atomic E-state index is 0.380. The molecule has 0 bridgehead atoms. The number of hydrogen-bond acceptors (Lipinski definition) is 1. The number of hydrogen-bond donors (Lipinski definition) is 1. The van der Waals surface area contributed by atoms with Gasteiger partial charge in [0.2, 0.25) is 5.71 Å². The monoisotopic (exact) mass is 414 g/mol. The summed E-state index contributed by atoms with van der Waals surface area (Å²) in [7, 11) is 1.79. The lowest BCUT2D eigenvalue weighted by atomic mass is 9.46. The summed E-state index contributed by atoms with van der Waals surface area (Å²) in [5.41, 5.74) is 3.74. The fourth-order valence-electron chi connectivity index (χ4n) is 8.85. The molecular weight excluding hydrogens is 366 g/mol. The Morgan fingerprint density at radius 1 is 1.00 bits per heavy atom. The molecule has 0 aromatic carbocycles. The summed E-state index contributed by atoms with van der Waals surface area (Å²) in [6.45, 7) is 12.6. The molecule has 3 saturated carbocycles. The van der Waals surface area contributed by atoms with Crippen molar-refractivity contribution in [1.29, 1.82) is 0 Å². The second-order valence-electron chi connectivity index (χ2n) is 12.5. The third-order valence-corrected chi connectivity index (χ3v) is 10.6. The Balaban J connectivity index is 1.50. The molecule has 0 amide bonds. The van der Waals surface area contributed by atoms with E-state index in [0.717, 1.165) is 47.6 Å². The van der Waals surface area contributed by atoms with Crippen LogP contribution >= 0.6 is 0 Å². The Kier molecular flexibility index (Phi) is 6.19. The fraction of sp³-hybridized carbons (Fsp3) is 0.893. The largest absolute Gasteiger partial charge is 0.291 e. The molecule has 0 aromatic heterocycles. The first-order chi connectivity index (χ1) is 14.2. The van der Waals surface area contributed by atoms with Crippen LogP contribution in [-0.2, 0) is 0 Å². The van der Waals surface area contributed by atoms with Crippen LogP contribution in [-0.4, -0.2) is 22.7 Å². The molecular formula is C28H48NO+. The van der Waals surface area contributed by atoms with Crippen LogP contribution in [0.2, 0.25) is 0 Å². The van der Waals surface area contributed by atoms with Gasteiger partial charge >= 0.3 is 0 Å². The van der Waals surface area contributed by atoms with Crippen molar-refractivity contribution in [3.63, 3.8) is 0 Å². The van der Waals surface area contributed by atoms with Crippen molar-refractivity contribution in [2.45, 2.75) is 105 Å². The summed E-state index contributed by atoms with van der Waals surface area (Å²) in [6.07, 6.45) is 17.4. The average Bonchev–Trinajstić information content (AvgIpc) is 3.04. The molecule has 170 valence electrons. The molecule has 2 heteroatoms. The van der Waals surface area contributed by atoms with Crippen molar-refractivity contribution in [3.05, 3.63) is 11.6 Å². The van der Waals surface area contributed by atoms with Crippen LogP contribution in [0.1, 0.15) is 105 Å². The van der Waals surface area contributed by atoms with E-state index < -0.39 is 0 Å². The maximum atomic E-state index is 9.97. The standard InChI is InChI=1S/C28H48NO/c1-19(2)8-7-9-20(3)24-12-13-25-23-11-10-21-18-22(29(6)30)14-16-27(21,4)26(23)15-17-28(24,25)5/h18-20,23-26,30H,7-17H2,1-6H3/q+1/b29-22-/t20-,23+,24-,25+,26+,27+,28-/m1/s1. The normalized spacial score (nSPS) is 43.5. The molecule has 4 aliphatic rings. The number of fused-ring (bicyclic) bond motifs is 5. The van der Waals surface area contributed by atoms with Crippen molar-refractivity contribution in [3.8, 4) is 0 Å². The third kappa shape index (κ3) is 3.69. The highest BCUT2D eigenvalue weighted by Crippen LogP contribution is 2.67. The van der Waals surface area contributed by atoms with Gasteiger partial charge in [-0.15, -0.1) is 0 Å². The van der Waals surface area contributed by atoms with Gasteiger partial charge in [-0.3, -0.25) is 5.21 Å². The van der Waals surface area contributed by atoms with Crippen molar-refractivity contribution < 1.29 is 9.95 Å². The van der Waals surface area contributed by atoms with Gasteiger partial charge in [0.1, 0.15) is 0 Å². The van der Waals surface area contributed by atoms with Crippen LogP contribution in [0.5, 0.6) is 0 Å². The van der Waals surface area contributed by atoms with E-state index in [1.54, 1.807) is 12.6 Å². The molecule has 0 aliphatic heterocycles. The summed E-state index contributed by atoms with van der Waals surface area (Å²) in [5.74, 6) is 5.47. The zero-order valence-corrected chi connectivity index (χ0v) is 20.7. The van der Waals surface area contributed by atoms with E-state index in [0.29, 0.717) is 10.8 Å². The second kappa shape index (κ2) is 8.28. The van der Waals surface area contributed by atoms with Crippen molar-refractivity contribution in [1.82, 2.24) is 0 Å². The highest BCUT2D eigenvalue weighted by molar-refractivity contribution is 5.92. The summed E-state index contributed by atoms with van der Waals surface area (Å²) in [6, 6.07) is 0. The molecule has 0 radical (unpaired) electrons. The summed E-state index contributed by atoms with van der Waals surface area (Å²) in [4.78, 5) is 0. The second-order valence-corrected chi connectivity index (χ2v) is 12.5. The van der Waals surface area contributed by atoms with Gasteiger partial charge in [0.25, 0.3) is 0 Å². The van der Waals surface area contributed by atoms with Crippen LogP contribution in [0.4, 0.5) is 0 Å². The van der Waals surface area contributed by atoms with E-state index >= 15 is 0 Å². The van der Waals surface area contributed by atoms with Gasteiger partial charge in [0.05, 0.1) is 0 Å². The molecule has 2 nitrogen and oxygen atoms in total. The van der Waals surface area contributed by atoms with Gasteiger partial charge in [-0.05, 0) is 96.0 Å². The highest BCUT2D eigenvalue weighted by Gasteiger charge is 2.59. The third-order valence-electron chi connectivity index (χ3n) is 10.6. The van der Waals surface area contributed by atoms with E-state index in [2.05, 4.69) is 40.7 Å². The lowest BCUT2D eigenvalue weighted by Crippen LogP contribution is -2.51. The summed E-state index contributed by atoms with van der Waals surface area (Å²) < 4.78 is 1.36. The fourth-order valence-corrected chi connectivity index (χ4v) is 8.85. The van der Waals surface area contributed by atoms with Gasteiger partial charge in [0, 0.05) is 12.5 Å². The predicted octanol–water partition coefficient (Wildman–Crippen LogP) is 7.50. The molecule has 4 aliphatic carbocycles. The average molecular weight is 415 g/mol. The summed E-state index contributed by atoms with van der Waals surface area (Å²) >= 11 is 0. The Morgan fingerprint density at radius 2 is 1.77 bits per heavy atom. The van der Waals surface area contributed by atoms with Gasteiger partial charge in [0.15, 0.2) is 7.05 Å². The quantitative estimate of drug-likeness (QED) is 0.281. The van der Waals surface area contributed by atoms with E-state index in [1.165, 1.54) is 68.9 Å². The number of rotatable bonds is 5. The molecule has 4 rings (SSSR count). The van der Waals surface area contributed by atoms with Gasteiger partial charge in [-0.1, -0.05) is 59.5 Å². The minimum Gasteiger partial charge on any atom is -0.291 e. The van der Waals surface area contributed by atoms with Crippen LogP contribution in [0.25, 0.3) is 0 Å². The lowest BCUT2D eigenvalue weighted by Gasteiger charge is -2.58. The topological polar surface area (TPSA) is 23.2 Å². The first-order valence-corrected chi connectivity index (χ1v) is 13.2. The maximum Gasteiger partial charge on any atom is 0.226 e. The van der Waals surface area contributed by atoms with Crippen molar-refractivity contribution in [2.24, 2.45) is 46.3 Å². The molecule has 7 atom stereocenters. The lowest BCUT2D eigenvalue weighted by molar-refractivity contribution is -0.754. The first kappa shape index (κ1) is 22.4.